The molecule has 0 fully saturated rings. The minimum atomic E-state index is -0.287. The number of aliphatic hydroxyl groups is 1. The Kier molecular flexibility index (Phi) is 4.70. The third kappa shape index (κ3) is 3.55. The first-order chi connectivity index (χ1) is 7.08. The van der Waals surface area contributed by atoms with Gasteiger partial charge in [-0.1, -0.05) is 13.8 Å². The molecule has 0 spiro atoms. The van der Waals surface area contributed by atoms with Crippen LogP contribution >= 0.6 is 11.3 Å². The van der Waals surface area contributed by atoms with E-state index in [-0.39, 0.29) is 11.5 Å². The zero-order chi connectivity index (χ0) is 11.3. The maximum atomic E-state index is 9.68. The van der Waals surface area contributed by atoms with E-state index >= 15 is 0 Å². The van der Waals surface area contributed by atoms with Crippen molar-refractivity contribution in [2.75, 3.05) is 6.54 Å². The van der Waals surface area contributed by atoms with Gasteiger partial charge in [-0.3, -0.25) is 0 Å². The van der Waals surface area contributed by atoms with E-state index in [4.69, 9.17) is 0 Å². The SMILES string of the molecule is CCC(C)(CNCc1cscn1)C(C)O. The summed E-state index contributed by atoms with van der Waals surface area (Å²) in [6.45, 7) is 7.67. The van der Waals surface area contributed by atoms with Crippen LogP contribution < -0.4 is 5.32 Å². The number of aliphatic hydroxyl groups excluding tert-OH is 1. The van der Waals surface area contributed by atoms with E-state index < -0.39 is 0 Å². The topological polar surface area (TPSA) is 45.2 Å². The molecule has 0 amide bonds. The minimum absolute atomic E-state index is 0.0456. The van der Waals surface area contributed by atoms with Gasteiger partial charge in [0.25, 0.3) is 0 Å². The second-order valence-corrected chi connectivity index (χ2v) is 4.99. The van der Waals surface area contributed by atoms with Gasteiger partial charge in [0.05, 0.1) is 17.3 Å². The number of thiazole rings is 1. The number of nitrogens with one attached hydrogen (secondary N) is 1. The van der Waals surface area contributed by atoms with E-state index in [0.29, 0.717) is 0 Å². The molecule has 1 aromatic heterocycles. The van der Waals surface area contributed by atoms with Crippen LogP contribution in [0.15, 0.2) is 10.9 Å². The Labute approximate surface area is 95.6 Å². The Balaban J connectivity index is 2.35. The molecule has 1 aromatic rings. The molecule has 1 rings (SSSR count). The third-order valence-corrected chi connectivity index (χ3v) is 3.77. The van der Waals surface area contributed by atoms with E-state index in [9.17, 15) is 5.11 Å². The first-order valence-corrected chi connectivity index (χ1v) is 6.28. The first kappa shape index (κ1) is 12.6. The fraction of sp³-hybridized carbons (Fsp3) is 0.727. The molecule has 86 valence electrons. The summed E-state index contributed by atoms with van der Waals surface area (Å²) < 4.78 is 0. The van der Waals surface area contributed by atoms with Crippen LogP contribution in [-0.4, -0.2) is 22.7 Å². The van der Waals surface area contributed by atoms with E-state index in [0.717, 1.165) is 25.2 Å². The summed E-state index contributed by atoms with van der Waals surface area (Å²) in [5, 5.41) is 15.1. The van der Waals surface area contributed by atoms with Crippen LogP contribution in [0.2, 0.25) is 0 Å². The van der Waals surface area contributed by atoms with E-state index in [1.165, 1.54) is 0 Å². The number of hydrogen-bond donors (Lipinski definition) is 2. The summed E-state index contributed by atoms with van der Waals surface area (Å²) in [7, 11) is 0. The molecule has 0 radical (unpaired) electrons. The maximum absolute atomic E-state index is 9.68. The van der Waals surface area contributed by atoms with Crippen molar-refractivity contribution in [3.8, 4) is 0 Å². The van der Waals surface area contributed by atoms with Gasteiger partial charge in [-0.2, -0.15) is 0 Å². The van der Waals surface area contributed by atoms with Gasteiger partial charge < -0.3 is 10.4 Å². The van der Waals surface area contributed by atoms with Gasteiger partial charge in [0.2, 0.25) is 0 Å². The van der Waals surface area contributed by atoms with Crippen molar-refractivity contribution < 1.29 is 5.11 Å². The highest BCUT2D eigenvalue weighted by atomic mass is 32.1. The summed E-state index contributed by atoms with van der Waals surface area (Å²) in [5.74, 6) is 0. The van der Waals surface area contributed by atoms with Crippen LogP contribution in [0.5, 0.6) is 0 Å². The summed E-state index contributed by atoms with van der Waals surface area (Å²) >= 11 is 1.61. The monoisotopic (exact) mass is 228 g/mol. The molecule has 0 aliphatic rings. The Morgan fingerprint density at radius 3 is 2.87 bits per heavy atom. The predicted octanol–water partition coefficient (Wildman–Crippen LogP) is 2.03. The molecule has 0 saturated heterocycles. The lowest BCUT2D eigenvalue weighted by Crippen LogP contribution is -2.39. The normalized spacial score (nSPS) is 17.3. The zero-order valence-electron chi connectivity index (χ0n) is 9.66. The summed E-state index contributed by atoms with van der Waals surface area (Å²) in [5.41, 5.74) is 2.87. The Hall–Kier alpha value is -0.450. The number of hydrogen-bond acceptors (Lipinski definition) is 4. The van der Waals surface area contributed by atoms with Crippen molar-refractivity contribution in [2.45, 2.75) is 39.8 Å². The quantitative estimate of drug-likeness (QED) is 0.783. The van der Waals surface area contributed by atoms with Crippen LogP contribution in [0, 0.1) is 5.41 Å². The van der Waals surface area contributed by atoms with E-state index in [1.807, 2.05) is 17.8 Å². The van der Waals surface area contributed by atoms with Crippen LogP contribution in [0.1, 0.15) is 32.9 Å². The molecule has 15 heavy (non-hydrogen) atoms. The van der Waals surface area contributed by atoms with Crippen molar-refractivity contribution in [1.29, 1.82) is 0 Å². The van der Waals surface area contributed by atoms with Gasteiger partial charge in [0.1, 0.15) is 0 Å². The van der Waals surface area contributed by atoms with Crippen molar-refractivity contribution in [1.82, 2.24) is 10.3 Å². The van der Waals surface area contributed by atoms with Crippen molar-refractivity contribution in [3.63, 3.8) is 0 Å². The van der Waals surface area contributed by atoms with Crippen LogP contribution in [-0.2, 0) is 6.54 Å². The molecular weight excluding hydrogens is 208 g/mol. The molecule has 2 atom stereocenters. The van der Waals surface area contributed by atoms with E-state index in [2.05, 4.69) is 24.1 Å². The van der Waals surface area contributed by atoms with Gasteiger partial charge in [-0.05, 0) is 13.3 Å². The molecule has 0 aliphatic carbocycles. The fourth-order valence-electron chi connectivity index (χ4n) is 1.37. The Morgan fingerprint density at radius 1 is 1.67 bits per heavy atom. The lowest BCUT2D eigenvalue weighted by Gasteiger charge is -2.31. The lowest BCUT2D eigenvalue weighted by molar-refractivity contribution is 0.0488. The predicted molar refractivity (Wildman–Crippen MR) is 63.9 cm³/mol. The first-order valence-electron chi connectivity index (χ1n) is 5.34. The fourth-order valence-corrected chi connectivity index (χ4v) is 1.93. The van der Waals surface area contributed by atoms with Gasteiger partial charge in [0.15, 0.2) is 0 Å². The number of rotatable bonds is 6. The average Bonchev–Trinajstić information content (AvgIpc) is 2.70. The summed E-state index contributed by atoms with van der Waals surface area (Å²) in [4.78, 5) is 4.20. The van der Waals surface area contributed by atoms with Gasteiger partial charge in [-0.15, -0.1) is 11.3 Å². The molecule has 1 heterocycles. The Morgan fingerprint density at radius 2 is 2.40 bits per heavy atom. The smallest absolute Gasteiger partial charge is 0.0795 e. The van der Waals surface area contributed by atoms with Crippen LogP contribution in [0.4, 0.5) is 0 Å². The molecule has 0 bridgehead atoms. The second-order valence-electron chi connectivity index (χ2n) is 4.27. The highest BCUT2D eigenvalue weighted by Gasteiger charge is 2.27. The second kappa shape index (κ2) is 5.58. The van der Waals surface area contributed by atoms with E-state index in [1.54, 1.807) is 11.3 Å². The Bertz CT molecular complexity index is 274. The molecule has 0 saturated carbocycles. The molecule has 0 aliphatic heterocycles. The standard InChI is InChI=1S/C11H20N2OS/c1-4-11(3,9(2)14)7-12-5-10-6-15-8-13-10/h6,8-9,12,14H,4-5,7H2,1-3H3. The van der Waals surface area contributed by atoms with Crippen molar-refractivity contribution in [3.05, 3.63) is 16.6 Å². The largest absolute Gasteiger partial charge is 0.393 e. The summed E-state index contributed by atoms with van der Waals surface area (Å²) in [6.07, 6.45) is 0.680. The van der Waals surface area contributed by atoms with Crippen LogP contribution in [0.25, 0.3) is 0 Å². The molecule has 2 N–H and O–H groups in total. The molecular formula is C11H20N2OS. The van der Waals surface area contributed by atoms with Crippen LogP contribution in [0.3, 0.4) is 0 Å². The highest BCUT2D eigenvalue weighted by Crippen LogP contribution is 2.24. The molecule has 4 heteroatoms. The maximum Gasteiger partial charge on any atom is 0.0795 e. The number of nitrogens with zero attached hydrogens (tertiary/aromatic N) is 1. The summed E-state index contributed by atoms with van der Waals surface area (Å²) in [6, 6.07) is 0. The van der Waals surface area contributed by atoms with Gasteiger partial charge >= 0.3 is 0 Å². The van der Waals surface area contributed by atoms with Crippen molar-refractivity contribution in [2.24, 2.45) is 5.41 Å². The average molecular weight is 228 g/mol. The highest BCUT2D eigenvalue weighted by molar-refractivity contribution is 7.07. The van der Waals surface area contributed by atoms with Gasteiger partial charge in [-0.25, -0.2) is 4.98 Å². The molecule has 0 aromatic carbocycles. The number of aromatic nitrogens is 1. The third-order valence-electron chi connectivity index (χ3n) is 3.13. The van der Waals surface area contributed by atoms with Crippen molar-refractivity contribution >= 4 is 11.3 Å². The lowest BCUT2D eigenvalue weighted by atomic mass is 9.82. The zero-order valence-corrected chi connectivity index (χ0v) is 10.5. The minimum Gasteiger partial charge on any atom is -0.393 e. The molecule has 2 unspecified atom stereocenters. The molecule has 3 nitrogen and oxygen atoms in total. The van der Waals surface area contributed by atoms with Gasteiger partial charge in [0, 0.05) is 23.9 Å².